The van der Waals surface area contributed by atoms with Crippen LogP contribution in [-0.2, 0) is 0 Å². The van der Waals surface area contributed by atoms with Crippen molar-refractivity contribution >= 4 is 17.5 Å². The van der Waals surface area contributed by atoms with Gasteiger partial charge in [0.15, 0.2) is 0 Å². The highest BCUT2D eigenvalue weighted by Crippen LogP contribution is 2.31. The molecule has 1 heterocycles. The maximum absolute atomic E-state index is 12.3. The van der Waals surface area contributed by atoms with Crippen LogP contribution in [0.3, 0.4) is 0 Å². The van der Waals surface area contributed by atoms with E-state index in [2.05, 4.69) is 6.07 Å². The molecule has 1 aromatic carbocycles. The molecule has 0 unspecified atom stereocenters. The molecule has 1 amide bonds. The molecule has 0 atom stereocenters. The van der Waals surface area contributed by atoms with E-state index < -0.39 is 0 Å². The SMILES string of the molecule is CC1(C#N)CCN(C(=O)c2ccc(Cl)cc2O)CC1. The van der Waals surface area contributed by atoms with Crippen molar-refractivity contribution in [1.82, 2.24) is 4.90 Å². The van der Waals surface area contributed by atoms with Crippen molar-refractivity contribution in [2.75, 3.05) is 13.1 Å². The van der Waals surface area contributed by atoms with E-state index in [0.29, 0.717) is 31.0 Å². The summed E-state index contributed by atoms with van der Waals surface area (Å²) in [6, 6.07) is 6.76. The summed E-state index contributed by atoms with van der Waals surface area (Å²) < 4.78 is 0. The largest absolute Gasteiger partial charge is 0.507 e. The highest BCUT2D eigenvalue weighted by Gasteiger charge is 2.32. The van der Waals surface area contributed by atoms with Gasteiger partial charge in [0.25, 0.3) is 5.91 Å². The maximum Gasteiger partial charge on any atom is 0.257 e. The lowest BCUT2D eigenvalue weighted by molar-refractivity contribution is 0.0659. The molecule has 0 aromatic heterocycles. The van der Waals surface area contributed by atoms with E-state index in [0.717, 1.165) is 0 Å². The minimum atomic E-state index is -0.348. The highest BCUT2D eigenvalue weighted by atomic mass is 35.5. The zero-order chi connectivity index (χ0) is 14.0. The summed E-state index contributed by atoms with van der Waals surface area (Å²) in [5.41, 5.74) is -0.0938. The summed E-state index contributed by atoms with van der Waals surface area (Å²) in [6.45, 7) is 2.98. The smallest absolute Gasteiger partial charge is 0.257 e. The van der Waals surface area contributed by atoms with Crippen LogP contribution in [0.25, 0.3) is 0 Å². The predicted octanol–water partition coefficient (Wildman–Crippen LogP) is 2.81. The molecule has 0 saturated carbocycles. The van der Waals surface area contributed by atoms with Crippen LogP contribution in [0.1, 0.15) is 30.1 Å². The van der Waals surface area contributed by atoms with Gasteiger partial charge in [-0.2, -0.15) is 5.26 Å². The number of carbonyl (C=O) groups is 1. The van der Waals surface area contributed by atoms with E-state index in [-0.39, 0.29) is 22.6 Å². The molecule has 4 nitrogen and oxygen atoms in total. The molecule has 1 saturated heterocycles. The Morgan fingerprint density at radius 1 is 1.47 bits per heavy atom. The second-order valence-corrected chi connectivity index (χ2v) is 5.56. The monoisotopic (exact) mass is 278 g/mol. The summed E-state index contributed by atoms with van der Waals surface area (Å²) in [7, 11) is 0. The molecule has 19 heavy (non-hydrogen) atoms. The molecular weight excluding hydrogens is 264 g/mol. The van der Waals surface area contributed by atoms with Gasteiger partial charge in [0.05, 0.1) is 17.0 Å². The fraction of sp³-hybridized carbons (Fsp3) is 0.429. The maximum atomic E-state index is 12.3. The minimum absolute atomic E-state index is 0.105. The number of phenolic OH excluding ortho intramolecular Hbond substituents is 1. The van der Waals surface area contributed by atoms with Crippen molar-refractivity contribution < 1.29 is 9.90 Å². The number of hydrogen-bond donors (Lipinski definition) is 1. The zero-order valence-corrected chi connectivity index (χ0v) is 11.4. The number of likely N-dealkylation sites (tertiary alicyclic amines) is 1. The second kappa shape index (κ2) is 5.10. The van der Waals surface area contributed by atoms with Crippen LogP contribution < -0.4 is 0 Å². The van der Waals surface area contributed by atoms with Crippen molar-refractivity contribution in [2.45, 2.75) is 19.8 Å². The average molecular weight is 279 g/mol. The Morgan fingerprint density at radius 3 is 2.63 bits per heavy atom. The van der Waals surface area contributed by atoms with Gasteiger partial charge in [0.1, 0.15) is 5.75 Å². The fourth-order valence-corrected chi connectivity index (χ4v) is 2.34. The first-order valence-corrected chi connectivity index (χ1v) is 6.52. The summed E-state index contributed by atoms with van der Waals surface area (Å²) in [6.07, 6.45) is 1.31. The molecule has 1 N–H and O–H groups in total. The van der Waals surface area contributed by atoms with Crippen molar-refractivity contribution in [3.8, 4) is 11.8 Å². The van der Waals surface area contributed by atoms with Crippen molar-refractivity contribution in [3.63, 3.8) is 0 Å². The van der Waals surface area contributed by atoms with E-state index in [4.69, 9.17) is 16.9 Å². The number of hydrogen-bond acceptors (Lipinski definition) is 3. The minimum Gasteiger partial charge on any atom is -0.507 e. The lowest BCUT2D eigenvalue weighted by atomic mass is 9.82. The number of phenols is 1. The van der Waals surface area contributed by atoms with E-state index in [9.17, 15) is 9.90 Å². The van der Waals surface area contributed by atoms with Crippen LogP contribution in [0, 0.1) is 16.7 Å². The first kappa shape index (κ1) is 13.7. The number of rotatable bonds is 1. The molecule has 1 aliphatic rings. The molecule has 0 spiro atoms. The van der Waals surface area contributed by atoms with Gasteiger partial charge in [-0.15, -0.1) is 0 Å². The van der Waals surface area contributed by atoms with Crippen molar-refractivity contribution in [2.24, 2.45) is 5.41 Å². The molecule has 0 radical (unpaired) electrons. The van der Waals surface area contributed by atoms with Crippen LogP contribution in [0.5, 0.6) is 5.75 Å². The summed E-state index contributed by atoms with van der Waals surface area (Å²) in [5, 5.41) is 19.2. The van der Waals surface area contributed by atoms with Gasteiger partial charge in [0, 0.05) is 18.1 Å². The molecule has 0 bridgehead atoms. The Kier molecular flexibility index (Phi) is 3.68. The van der Waals surface area contributed by atoms with Gasteiger partial charge in [-0.25, -0.2) is 0 Å². The zero-order valence-electron chi connectivity index (χ0n) is 10.7. The number of nitrogens with zero attached hydrogens (tertiary/aromatic N) is 2. The molecule has 100 valence electrons. The Balaban J connectivity index is 2.12. The Morgan fingerprint density at radius 2 is 2.11 bits per heavy atom. The van der Waals surface area contributed by atoms with E-state index in [1.165, 1.54) is 12.1 Å². The van der Waals surface area contributed by atoms with Crippen molar-refractivity contribution in [3.05, 3.63) is 28.8 Å². The molecular formula is C14H15ClN2O2. The Labute approximate surface area is 117 Å². The van der Waals surface area contributed by atoms with E-state index >= 15 is 0 Å². The van der Waals surface area contributed by atoms with Crippen LogP contribution in [0.4, 0.5) is 0 Å². The van der Waals surface area contributed by atoms with Crippen LogP contribution >= 0.6 is 11.6 Å². The number of aromatic hydroxyl groups is 1. The first-order valence-electron chi connectivity index (χ1n) is 6.14. The number of carbonyl (C=O) groups excluding carboxylic acids is 1. The third kappa shape index (κ3) is 2.82. The molecule has 5 heteroatoms. The Hall–Kier alpha value is -1.73. The number of nitriles is 1. The summed E-state index contributed by atoms with van der Waals surface area (Å²) in [4.78, 5) is 13.9. The third-order valence-electron chi connectivity index (χ3n) is 3.61. The second-order valence-electron chi connectivity index (χ2n) is 5.13. The lowest BCUT2D eigenvalue weighted by Gasteiger charge is -2.35. The van der Waals surface area contributed by atoms with Gasteiger partial charge in [-0.1, -0.05) is 11.6 Å². The average Bonchev–Trinajstić information content (AvgIpc) is 2.39. The third-order valence-corrected chi connectivity index (χ3v) is 3.85. The molecule has 1 aliphatic heterocycles. The predicted molar refractivity (Wildman–Crippen MR) is 72.0 cm³/mol. The van der Waals surface area contributed by atoms with E-state index in [1.54, 1.807) is 11.0 Å². The van der Waals surface area contributed by atoms with Gasteiger partial charge in [-0.3, -0.25) is 4.79 Å². The van der Waals surface area contributed by atoms with Crippen LogP contribution in [0.2, 0.25) is 5.02 Å². The van der Waals surface area contributed by atoms with Crippen LogP contribution in [-0.4, -0.2) is 29.0 Å². The van der Waals surface area contributed by atoms with Gasteiger partial charge in [0.2, 0.25) is 0 Å². The number of benzene rings is 1. The molecule has 2 rings (SSSR count). The van der Waals surface area contributed by atoms with Crippen molar-refractivity contribution in [1.29, 1.82) is 5.26 Å². The summed E-state index contributed by atoms with van der Waals surface area (Å²) in [5.74, 6) is -0.319. The van der Waals surface area contributed by atoms with E-state index in [1.807, 2.05) is 6.92 Å². The van der Waals surface area contributed by atoms with Crippen LogP contribution in [0.15, 0.2) is 18.2 Å². The normalized spacial score (nSPS) is 17.8. The van der Waals surface area contributed by atoms with Gasteiger partial charge in [-0.05, 0) is 38.0 Å². The molecule has 1 aromatic rings. The highest BCUT2D eigenvalue weighted by molar-refractivity contribution is 6.30. The standard InChI is InChI=1S/C14H15ClN2O2/c1-14(9-16)4-6-17(7-5-14)13(19)11-3-2-10(15)8-12(11)18/h2-3,8,18H,4-7H2,1H3. The first-order chi connectivity index (χ1) is 8.95. The Bertz CT molecular complexity index is 543. The number of piperidine rings is 1. The molecule has 1 fully saturated rings. The topological polar surface area (TPSA) is 64.3 Å². The quantitative estimate of drug-likeness (QED) is 0.859. The number of amides is 1. The lowest BCUT2D eigenvalue weighted by Crippen LogP contribution is -2.41. The molecule has 0 aliphatic carbocycles. The number of halogens is 1. The van der Waals surface area contributed by atoms with Gasteiger partial charge < -0.3 is 10.0 Å². The van der Waals surface area contributed by atoms with Gasteiger partial charge >= 0.3 is 0 Å². The fourth-order valence-electron chi connectivity index (χ4n) is 2.17. The summed E-state index contributed by atoms with van der Waals surface area (Å²) >= 11 is 5.74.